The largest absolute Gasteiger partial charge is 0.385 e. The number of rotatable bonds is 8. The second-order valence-electron chi connectivity index (χ2n) is 4.90. The van der Waals surface area contributed by atoms with E-state index in [1.807, 2.05) is 25.2 Å². The van der Waals surface area contributed by atoms with Crippen molar-refractivity contribution in [3.8, 4) is 0 Å². The molecule has 21 heavy (non-hydrogen) atoms. The molecular formula is C16H29IN4. The van der Waals surface area contributed by atoms with Crippen molar-refractivity contribution in [2.75, 3.05) is 39.0 Å². The molecule has 0 aromatic heterocycles. The van der Waals surface area contributed by atoms with Gasteiger partial charge in [-0.05, 0) is 25.0 Å². The van der Waals surface area contributed by atoms with Gasteiger partial charge in [0.2, 0.25) is 0 Å². The zero-order valence-electron chi connectivity index (χ0n) is 13.4. The maximum atomic E-state index is 4.31. The Kier molecular flexibility index (Phi) is 12.1. The zero-order valence-corrected chi connectivity index (χ0v) is 15.8. The Balaban J connectivity index is 0.00000400. The third kappa shape index (κ3) is 8.80. The standard InChI is InChI=1S/C16H28N4.HI/c1-4-5-14-20(3)16(17-2)19-13-9-12-18-15-10-7-6-8-11-15;/h6-8,10-11,18H,4-5,9,12-14H2,1-3H3,(H,17,19);1H. The van der Waals surface area contributed by atoms with Gasteiger partial charge in [-0.3, -0.25) is 4.99 Å². The molecule has 0 spiro atoms. The van der Waals surface area contributed by atoms with Crippen LogP contribution in [-0.2, 0) is 0 Å². The van der Waals surface area contributed by atoms with Crippen LogP contribution >= 0.6 is 24.0 Å². The number of hydrogen-bond acceptors (Lipinski definition) is 2. The van der Waals surface area contributed by atoms with Gasteiger partial charge in [0.05, 0.1) is 0 Å². The molecule has 0 fully saturated rings. The number of benzene rings is 1. The molecule has 2 N–H and O–H groups in total. The second kappa shape index (κ2) is 12.7. The summed E-state index contributed by atoms with van der Waals surface area (Å²) in [5, 5.41) is 6.81. The lowest BCUT2D eigenvalue weighted by Gasteiger charge is -2.21. The van der Waals surface area contributed by atoms with E-state index >= 15 is 0 Å². The van der Waals surface area contributed by atoms with Crippen LogP contribution in [0.4, 0.5) is 5.69 Å². The molecule has 0 aliphatic heterocycles. The summed E-state index contributed by atoms with van der Waals surface area (Å²) in [4.78, 5) is 6.50. The van der Waals surface area contributed by atoms with Crippen molar-refractivity contribution < 1.29 is 0 Å². The molecular weight excluding hydrogens is 375 g/mol. The molecule has 1 aromatic rings. The van der Waals surface area contributed by atoms with Gasteiger partial charge < -0.3 is 15.5 Å². The predicted octanol–water partition coefficient (Wildman–Crippen LogP) is 3.41. The van der Waals surface area contributed by atoms with Crippen molar-refractivity contribution in [1.29, 1.82) is 0 Å². The fraction of sp³-hybridized carbons (Fsp3) is 0.562. The van der Waals surface area contributed by atoms with Crippen LogP contribution in [0, 0.1) is 0 Å². The molecule has 0 radical (unpaired) electrons. The third-order valence-corrected chi connectivity index (χ3v) is 3.16. The quantitative estimate of drug-likeness (QED) is 0.302. The number of aliphatic imine (C=N–C) groups is 1. The number of anilines is 1. The van der Waals surface area contributed by atoms with Gasteiger partial charge >= 0.3 is 0 Å². The lowest BCUT2D eigenvalue weighted by Crippen LogP contribution is -2.40. The minimum atomic E-state index is 0. The normalized spacial score (nSPS) is 10.7. The Labute approximate surface area is 146 Å². The van der Waals surface area contributed by atoms with Crippen molar-refractivity contribution >= 4 is 35.6 Å². The van der Waals surface area contributed by atoms with Crippen LogP contribution in [0.5, 0.6) is 0 Å². The van der Waals surface area contributed by atoms with Crippen LogP contribution in [0.2, 0.25) is 0 Å². The molecule has 4 nitrogen and oxygen atoms in total. The summed E-state index contributed by atoms with van der Waals surface area (Å²) in [6.07, 6.45) is 3.48. The van der Waals surface area contributed by atoms with Gasteiger partial charge in [-0.15, -0.1) is 24.0 Å². The fourth-order valence-corrected chi connectivity index (χ4v) is 1.96. The molecule has 120 valence electrons. The summed E-state index contributed by atoms with van der Waals surface area (Å²) in [6.45, 7) is 5.16. The molecule has 0 saturated heterocycles. The average Bonchev–Trinajstić information content (AvgIpc) is 2.49. The Morgan fingerprint density at radius 3 is 2.48 bits per heavy atom. The van der Waals surface area contributed by atoms with Crippen molar-refractivity contribution in [3.05, 3.63) is 30.3 Å². The van der Waals surface area contributed by atoms with E-state index in [2.05, 4.69) is 46.6 Å². The Hall–Kier alpha value is -0.980. The van der Waals surface area contributed by atoms with E-state index in [-0.39, 0.29) is 24.0 Å². The molecule has 0 aliphatic rings. The molecule has 1 rings (SSSR count). The fourth-order valence-electron chi connectivity index (χ4n) is 1.96. The SMILES string of the molecule is CCCCN(C)C(=NC)NCCCNc1ccccc1.I. The molecule has 0 bridgehead atoms. The smallest absolute Gasteiger partial charge is 0.193 e. The van der Waals surface area contributed by atoms with Gasteiger partial charge in [0.1, 0.15) is 0 Å². The lowest BCUT2D eigenvalue weighted by molar-refractivity contribution is 0.464. The van der Waals surface area contributed by atoms with E-state index in [0.29, 0.717) is 0 Å². The molecule has 5 heteroatoms. The lowest BCUT2D eigenvalue weighted by atomic mass is 10.3. The maximum Gasteiger partial charge on any atom is 0.193 e. The van der Waals surface area contributed by atoms with E-state index in [1.165, 1.54) is 18.5 Å². The third-order valence-electron chi connectivity index (χ3n) is 3.16. The predicted molar refractivity (Wildman–Crippen MR) is 104 cm³/mol. The molecule has 0 amide bonds. The van der Waals surface area contributed by atoms with E-state index in [0.717, 1.165) is 32.0 Å². The number of hydrogen-bond donors (Lipinski definition) is 2. The van der Waals surface area contributed by atoms with Crippen LogP contribution in [0.3, 0.4) is 0 Å². The van der Waals surface area contributed by atoms with Crippen LogP contribution < -0.4 is 10.6 Å². The Morgan fingerprint density at radius 1 is 1.14 bits per heavy atom. The average molecular weight is 404 g/mol. The number of para-hydroxylation sites is 1. The maximum absolute atomic E-state index is 4.31. The number of halogens is 1. The van der Waals surface area contributed by atoms with Crippen molar-refractivity contribution in [1.82, 2.24) is 10.2 Å². The molecule has 0 unspecified atom stereocenters. The van der Waals surface area contributed by atoms with Gasteiger partial charge in [0.25, 0.3) is 0 Å². The molecule has 0 aliphatic carbocycles. The highest BCUT2D eigenvalue weighted by Gasteiger charge is 2.03. The highest BCUT2D eigenvalue weighted by atomic mass is 127. The number of guanidine groups is 1. The Bertz CT molecular complexity index is 381. The van der Waals surface area contributed by atoms with Gasteiger partial charge in [-0.1, -0.05) is 31.5 Å². The Morgan fingerprint density at radius 2 is 1.86 bits per heavy atom. The minimum Gasteiger partial charge on any atom is -0.385 e. The molecule has 0 atom stereocenters. The summed E-state index contributed by atoms with van der Waals surface area (Å²) in [5.41, 5.74) is 1.18. The van der Waals surface area contributed by atoms with Crippen molar-refractivity contribution in [2.45, 2.75) is 26.2 Å². The van der Waals surface area contributed by atoms with E-state index in [1.54, 1.807) is 0 Å². The topological polar surface area (TPSA) is 39.7 Å². The minimum absolute atomic E-state index is 0. The van der Waals surface area contributed by atoms with Crippen molar-refractivity contribution in [2.24, 2.45) is 4.99 Å². The monoisotopic (exact) mass is 404 g/mol. The van der Waals surface area contributed by atoms with E-state index in [9.17, 15) is 0 Å². The summed E-state index contributed by atoms with van der Waals surface area (Å²) in [5.74, 6) is 0.984. The summed E-state index contributed by atoms with van der Waals surface area (Å²) in [7, 11) is 3.93. The number of nitrogens with zero attached hydrogens (tertiary/aromatic N) is 2. The highest BCUT2D eigenvalue weighted by Crippen LogP contribution is 2.04. The zero-order chi connectivity index (χ0) is 14.6. The van der Waals surface area contributed by atoms with Gasteiger partial charge in [0, 0.05) is 39.4 Å². The number of unbranched alkanes of at least 4 members (excludes halogenated alkanes) is 1. The first-order chi connectivity index (χ1) is 9.77. The first kappa shape index (κ1) is 20.0. The van der Waals surface area contributed by atoms with Crippen molar-refractivity contribution in [3.63, 3.8) is 0 Å². The van der Waals surface area contributed by atoms with Crippen LogP contribution in [-0.4, -0.2) is 44.6 Å². The molecule has 0 saturated carbocycles. The van der Waals surface area contributed by atoms with E-state index in [4.69, 9.17) is 0 Å². The molecule has 0 heterocycles. The van der Waals surface area contributed by atoms with Gasteiger partial charge in [-0.2, -0.15) is 0 Å². The summed E-state index contributed by atoms with van der Waals surface area (Å²) >= 11 is 0. The summed E-state index contributed by atoms with van der Waals surface area (Å²) < 4.78 is 0. The van der Waals surface area contributed by atoms with Crippen LogP contribution in [0.25, 0.3) is 0 Å². The van der Waals surface area contributed by atoms with Crippen LogP contribution in [0.1, 0.15) is 26.2 Å². The van der Waals surface area contributed by atoms with Gasteiger partial charge in [0.15, 0.2) is 5.96 Å². The first-order valence-corrected chi connectivity index (χ1v) is 7.48. The molecule has 1 aromatic carbocycles. The second-order valence-corrected chi connectivity index (χ2v) is 4.90. The first-order valence-electron chi connectivity index (χ1n) is 7.48. The van der Waals surface area contributed by atoms with E-state index < -0.39 is 0 Å². The highest BCUT2D eigenvalue weighted by molar-refractivity contribution is 14.0. The number of nitrogens with one attached hydrogen (secondary N) is 2. The van der Waals surface area contributed by atoms with Gasteiger partial charge in [-0.25, -0.2) is 0 Å². The van der Waals surface area contributed by atoms with Crippen LogP contribution in [0.15, 0.2) is 35.3 Å². The summed E-state index contributed by atoms with van der Waals surface area (Å²) in [6, 6.07) is 10.3.